The van der Waals surface area contributed by atoms with Crippen LogP contribution in [0, 0.1) is 18.8 Å². The highest BCUT2D eigenvalue weighted by molar-refractivity contribution is 6.00. The fraction of sp³-hybridized carbons (Fsp3) is 0.440. The van der Waals surface area contributed by atoms with Gasteiger partial charge in [-0.1, -0.05) is 70.2 Å². The Bertz CT molecular complexity index is 875. The van der Waals surface area contributed by atoms with E-state index in [1.807, 2.05) is 31.2 Å². The van der Waals surface area contributed by atoms with Gasteiger partial charge in [0.25, 0.3) is 0 Å². The summed E-state index contributed by atoms with van der Waals surface area (Å²) >= 11 is 0. The lowest BCUT2D eigenvalue weighted by atomic mass is 9.92. The summed E-state index contributed by atoms with van der Waals surface area (Å²) in [5.74, 6) is 0.0818. The molecule has 2 atom stereocenters. The van der Waals surface area contributed by atoms with Crippen LogP contribution in [0.15, 0.2) is 42.5 Å². The zero-order valence-corrected chi connectivity index (χ0v) is 18.1. The summed E-state index contributed by atoms with van der Waals surface area (Å²) in [5.41, 5.74) is 5.48. The Kier molecular flexibility index (Phi) is 6.41. The van der Waals surface area contributed by atoms with Crippen molar-refractivity contribution >= 4 is 17.5 Å². The van der Waals surface area contributed by atoms with Gasteiger partial charge in [0.05, 0.1) is 11.8 Å². The van der Waals surface area contributed by atoms with Crippen LogP contribution in [-0.4, -0.2) is 11.8 Å². The van der Waals surface area contributed by atoms with Gasteiger partial charge in [-0.3, -0.25) is 9.59 Å². The number of hydrogen-bond acceptors (Lipinski definition) is 2. The van der Waals surface area contributed by atoms with Crippen LogP contribution in [0.2, 0.25) is 0 Å². The maximum Gasteiger partial charge on any atom is 0.228 e. The number of carbonyl (C=O) groups excluding carboxylic acids is 2. The van der Waals surface area contributed by atoms with E-state index < -0.39 is 0 Å². The van der Waals surface area contributed by atoms with Gasteiger partial charge in [-0.15, -0.1) is 0 Å². The zero-order valence-electron chi connectivity index (χ0n) is 18.1. The first kappa shape index (κ1) is 21.1. The van der Waals surface area contributed by atoms with E-state index in [-0.39, 0.29) is 23.7 Å². The monoisotopic (exact) mass is 392 g/mol. The molecule has 2 unspecified atom stereocenters. The maximum atomic E-state index is 12.9. The van der Waals surface area contributed by atoms with Crippen LogP contribution in [0.5, 0.6) is 0 Å². The molecule has 0 saturated heterocycles. The molecule has 0 heterocycles. The van der Waals surface area contributed by atoms with Crippen molar-refractivity contribution < 1.29 is 9.59 Å². The van der Waals surface area contributed by atoms with Crippen LogP contribution in [0.4, 0.5) is 5.69 Å². The highest BCUT2D eigenvalue weighted by atomic mass is 16.2. The highest BCUT2D eigenvalue weighted by Gasteiger charge is 2.48. The van der Waals surface area contributed by atoms with Crippen LogP contribution in [0.1, 0.15) is 68.2 Å². The van der Waals surface area contributed by atoms with Crippen molar-refractivity contribution in [3.8, 4) is 0 Å². The fourth-order valence-corrected chi connectivity index (χ4v) is 3.81. The normalized spacial score (nSPS) is 18.0. The molecule has 4 heteroatoms. The molecular weight excluding hydrogens is 360 g/mol. The molecule has 0 aliphatic heterocycles. The van der Waals surface area contributed by atoms with Gasteiger partial charge in [0.2, 0.25) is 11.8 Å². The van der Waals surface area contributed by atoms with Crippen molar-refractivity contribution in [1.82, 2.24) is 5.32 Å². The molecule has 0 bridgehead atoms. The summed E-state index contributed by atoms with van der Waals surface area (Å²) in [7, 11) is 0. The van der Waals surface area contributed by atoms with Crippen LogP contribution in [-0.2, 0) is 16.1 Å². The standard InChI is InChI=1S/C25H32N2O2/c1-15(2)19-11-8-12-20(16(3)4)23(19)27-25(29)22-13-21(22)24(28)26-14-18-10-7-6-9-17(18)5/h6-12,15-16,21-22H,13-14H2,1-5H3,(H,26,28)(H,27,29). The SMILES string of the molecule is Cc1ccccc1CNC(=O)C1CC1C(=O)Nc1c(C(C)C)cccc1C(C)C. The molecule has 0 aromatic heterocycles. The van der Waals surface area contributed by atoms with Gasteiger partial charge in [0.15, 0.2) is 0 Å². The van der Waals surface area contributed by atoms with Gasteiger partial charge in [0.1, 0.15) is 0 Å². The molecule has 2 N–H and O–H groups in total. The molecular formula is C25H32N2O2. The first-order valence-electron chi connectivity index (χ1n) is 10.6. The van der Waals surface area contributed by atoms with Gasteiger partial charge in [-0.05, 0) is 47.4 Å². The predicted molar refractivity (Wildman–Crippen MR) is 118 cm³/mol. The van der Waals surface area contributed by atoms with E-state index in [1.165, 1.54) is 0 Å². The van der Waals surface area contributed by atoms with Gasteiger partial charge in [-0.2, -0.15) is 0 Å². The highest BCUT2D eigenvalue weighted by Crippen LogP contribution is 2.41. The Morgan fingerprint density at radius 1 is 0.897 bits per heavy atom. The Hall–Kier alpha value is -2.62. The van der Waals surface area contributed by atoms with Crippen molar-refractivity contribution in [2.45, 2.75) is 59.4 Å². The number of para-hydroxylation sites is 1. The number of hydrogen-bond donors (Lipinski definition) is 2. The first-order valence-corrected chi connectivity index (χ1v) is 10.6. The van der Waals surface area contributed by atoms with Gasteiger partial charge in [-0.25, -0.2) is 0 Å². The summed E-state index contributed by atoms with van der Waals surface area (Å²) in [4.78, 5) is 25.4. The molecule has 29 heavy (non-hydrogen) atoms. The largest absolute Gasteiger partial charge is 0.352 e. The molecule has 0 radical (unpaired) electrons. The molecule has 1 saturated carbocycles. The van der Waals surface area contributed by atoms with Gasteiger partial charge in [0, 0.05) is 12.2 Å². The minimum Gasteiger partial charge on any atom is -0.352 e. The smallest absolute Gasteiger partial charge is 0.228 e. The lowest BCUT2D eigenvalue weighted by Crippen LogP contribution is -2.27. The van der Waals surface area contributed by atoms with E-state index in [4.69, 9.17) is 0 Å². The summed E-state index contributed by atoms with van der Waals surface area (Å²) < 4.78 is 0. The molecule has 2 amide bonds. The number of aryl methyl sites for hydroxylation is 1. The summed E-state index contributed by atoms with van der Waals surface area (Å²) in [5, 5.41) is 6.14. The third-order valence-corrected chi connectivity index (χ3v) is 5.80. The maximum absolute atomic E-state index is 12.9. The van der Waals surface area contributed by atoms with Crippen LogP contribution in [0.25, 0.3) is 0 Å². The Morgan fingerprint density at radius 2 is 1.48 bits per heavy atom. The van der Waals surface area contributed by atoms with E-state index in [9.17, 15) is 9.59 Å². The Balaban J connectivity index is 1.63. The quantitative estimate of drug-likeness (QED) is 0.686. The fourth-order valence-electron chi connectivity index (χ4n) is 3.81. The number of anilines is 1. The van der Waals surface area contributed by atoms with Crippen LogP contribution < -0.4 is 10.6 Å². The molecule has 2 aromatic carbocycles. The van der Waals surface area contributed by atoms with Gasteiger partial charge < -0.3 is 10.6 Å². The zero-order chi connectivity index (χ0) is 21.1. The molecule has 3 rings (SSSR count). The topological polar surface area (TPSA) is 58.2 Å². The van der Waals surface area contributed by atoms with E-state index in [0.717, 1.165) is 27.9 Å². The molecule has 1 fully saturated rings. The molecule has 2 aromatic rings. The molecule has 4 nitrogen and oxygen atoms in total. The first-order chi connectivity index (χ1) is 13.8. The second-order valence-electron chi connectivity index (χ2n) is 8.70. The van der Waals surface area contributed by atoms with Crippen molar-refractivity contribution in [1.29, 1.82) is 0 Å². The number of benzene rings is 2. The molecule has 1 aliphatic carbocycles. The lowest BCUT2D eigenvalue weighted by molar-refractivity contribution is -0.125. The molecule has 0 spiro atoms. The molecule has 154 valence electrons. The van der Waals surface area contributed by atoms with Crippen molar-refractivity contribution in [3.05, 3.63) is 64.7 Å². The minimum atomic E-state index is -0.243. The van der Waals surface area contributed by atoms with Crippen molar-refractivity contribution in [3.63, 3.8) is 0 Å². The average molecular weight is 393 g/mol. The summed E-state index contributed by atoms with van der Waals surface area (Å²) in [6, 6.07) is 14.2. The average Bonchev–Trinajstić information content (AvgIpc) is 3.48. The van der Waals surface area contributed by atoms with Crippen molar-refractivity contribution in [2.24, 2.45) is 11.8 Å². The number of amides is 2. The van der Waals surface area contributed by atoms with E-state index in [0.29, 0.717) is 24.8 Å². The van der Waals surface area contributed by atoms with Crippen LogP contribution in [0.3, 0.4) is 0 Å². The number of carbonyl (C=O) groups is 2. The lowest BCUT2D eigenvalue weighted by Gasteiger charge is -2.20. The summed E-state index contributed by atoms with van der Waals surface area (Å²) in [6.45, 7) is 11.1. The number of rotatable bonds is 7. The predicted octanol–water partition coefficient (Wildman–Crippen LogP) is 5.13. The number of nitrogens with one attached hydrogen (secondary N) is 2. The van der Waals surface area contributed by atoms with E-state index >= 15 is 0 Å². The Labute approximate surface area is 174 Å². The molecule has 1 aliphatic rings. The second kappa shape index (κ2) is 8.81. The Morgan fingerprint density at radius 3 is 2.07 bits per heavy atom. The minimum absolute atomic E-state index is 0.0327. The second-order valence-corrected chi connectivity index (χ2v) is 8.70. The third kappa shape index (κ3) is 4.87. The van der Waals surface area contributed by atoms with Crippen LogP contribution >= 0.6 is 0 Å². The van der Waals surface area contributed by atoms with Gasteiger partial charge >= 0.3 is 0 Å². The van der Waals surface area contributed by atoms with E-state index in [1.54, 1.807) is 0 Å². The summed E-state index contributed by atoms with van der Waals surface area (Å²) in [6.07, 6.45) is 0.617. The van der Waals surface area contributed by atoms with Crippen molar-refractivity contribution in [2.75, 3.05) is 5.32 Å². The third-order valence-electron chi connectivity index (χ3n) is 5.80. The van der Waals surface area contributed by atoms with E-state index in [2.05, 4.69) is 56.5 Å².